The number of hydrogen-bond acceptors (Lipinski definition) is 2. The fourth-order valence-electron chi connectivity index (χ4n) is 1.81. The smallest absolute Gasteiger partial charge is 0.313 e. The van der Waals surface area contributed by atoms with Crippen molar-refractivity contribution in [2.45, 2.75) is 45.3 Å². The summed E-state index contributed by atoms with van der Waals surface area (Å²) in [5, 5.41) is 6.49. The number of rotatable bonds is 7. The maximum Gasteiger partial charge on any atom is 0.435 e. The lowest BCUT2D eigenvalue weighted by Crippen LogP contribution is -2.18. The Morgan fingerprint density at radius 2 is 2.00 bits per heavy atom. The van der Waals surface area contributed by atoms with Crippen molar-refractivity contribution in [1.29, 1.82) is 0 Å². The van der Waals surface area contributed by atoms with Gasteiger partial charge in [-0.3, -0.25) is 4.68 Å². The van der Waals surface area contributed by atoms with Gasteiger partial charge in [-0.05, 0) is 13.0 Å². The Balaban J connectivity index is 2.42. The Morgan fingerprint density at radius 3 is 2.61 bits per heavy atom. The molecule has 0 fully saturated rings. The summed E-state index contributed by atoms with van der Waals surface area (Å²) in [6, 6.07) is 0. The van der Waals surface area contributed by atoms with Gasteiger partial charge < -0.3 is 5.32 Å². The van der Waals surface area contributed by atoms with E-state index in [9.17, 15) is 13.2 Å². The lowest BCUT2D eigenvalue weighted by atomic mass is 10.2. The maximum atomic E-state index is 12.6. The summed E-state index contributed by atoms with van der Waals surface area (Å²) in [7, 11) is 1.50. The number of unbranched alkanes of at least 4 members (excludes halogenated alkanes) is 3. The van der Waals surface area contributed by atoms with Gasteiger partial charge in [-0.2, -0.15) is 18.3 Å². The quantitative estimate of drug-likeness (QED) is 0.766. The summed E-state index contributed by atoms with van der Waals surface area (Å²) < 4.78 is 39.1. The van der Waals surface area contributed by atoms with E-state index in [-0.39, 0.29) is 12.1 Å². The zero-order valence-electron chi connectivity index (χ0n) is 10.8. The van der Waals surface area contributed by atoms with E-state index < -0.39 is 11.9 Å². The molecule has 104 valence electrons. The van der Waals surface area contributed by atoms with Gasteiger partial charge in [0.1, 0.15) is 0 Å². The van der Waals surface area contributed by atoms with Crippen molar-refractivity contribution in [1.82, 2.24) is 15.1 Å². The first-order valence-electron chi connectivity index (χ1n) is 6.25. The molecule has 0 unspecified atom stereocenters. The van der Waals surface area contributed by atoms with Crippen LogP contribution in [-0.4, -0.2) is 16.3 Å². The van der Waals surface area contributed by atoms with Crippen molar-refractivity contribution >= 4 is 0 Å². The minimum Gasteiger partial charge on any atom is -0.313 e. The highest BCUT2D eigenvalue weighted by atomic mass is 19.4. The molecule has 1 aromatic rings. The highest BCUT2D eigenvalue weighted by molar-refractivity contribution is 5.19. The Bertz CT molecular complexity index is 358. The standard InChI is InChI=1S/C12H20F3N3/c1-3-4-5-6-7-16-8-10-9-18(2)17-11(10)12(13,14)15/h9,16H,3-8H2,1-2H3. The van der Waals surface area contributed by atoms with E-state index >= 15 is 0 Å². The van der Waals surface area contributed by atoms with Crippen LogP contribution in [0.5, 0.6) is 0 Å². The Morgan fingerprint density at radius 1 is 1.28 bits per heavy atom. The Kier molecular flexibility index (Phi) is 5.65. The number of nitrogens with one attached hydrogen (secondary N) is 1. The molecule has 0 spiro atoms. The number of aryl methyl sites for hydroxylation is 1. The maximum absolute atomic E-state index is 12.6. The topological polar surface area (TPSA) is 29.9 Å². The molecule has 0 saturated heterocycles. The largest absolute Gasteiger partial charge is 0.435 e. The number of aromatic nitrogens is 2. The second-order valence-corrected chi connectivity index (χ2v) is 4.41. The average molecular weight is 263 g/mol. The zero-order valence-corrected chi connectivity index (χ0v) is 10.8. The van der Waals surface area contributed by atoms with Gasteiger partial charge >= 0.3 is 6.18 Å². The van der Waals surface area contributed by atoms with E-state index in [1.807, 2.05) is 0 Å². The summed E-state index contributed by atoms with van der Waals surface area (Å²) in [6.45, 7) is 3.08. The van der Waals surface area contributed by atoms with Crippen LogP contribution < -0.4 is 5.32 Å². The van der Waals surface area contributed by atoms with Crippen molar-refractivity contribution < 1.29 is 13.2 Å². The number of nitrogens with zero attached hydrogens (tertiary/aromatic N) is 2. The van der Waals surface area contributed by atoms with E-state index in [0.717, 1.165) is 25.8 Å². The van der Waals surface area contributed by atoms with Gasteiger partial charge in [0.15, 0.2) is 5.69 Å². The SMILES string of the molecule is CCCCCCNCc1cn(C)nc1C(F)(F)F. The van der Waals surface area contributed by atoms with Crippen LogP contribution in [0.4, 0.5) is 13.2 Å². The van der Waals surface area contributed by atoms with Crippen LogP contribution in [0.25, 0.3) is 0 Å². The molecule has 0 amide bonds. The van der Waals surface area contributed by atoms with Crippen molar-refractivity contribution in [3.63, 3.8) is 0 Å². The highest BCUT2D eigenvalue weighted by Gasteiger charge is 2.36. The molecule has 18 heavy (non-hydrogen) atoms. The van der Waals surface area contributed by atoms with Crippen LogP contribution in [0, 0.1) is 0 Å². The average Bonchev–Trinajstić information content (AvgIpc) is 2.64. The second-order valence-electron chi connectivity index (χ2n) is 4.41. The lowest BCUT2D eigenvalue weighted by molar-refractivity contribution is -0.142. The van der Waals surface area contributed by atoms with Gasteiger partial charge in [0.05, 0.1) is 0 Å². The first-order chi connectivity index (χ1) is 8.45. The molecule has 0 radical (unpaired) electrons. The first kappa shape index (κ1) is 15.0. The number of alkyl halides is 3. The van der Waals surface area contributed by atoms with E-state index in [1.165, 1.54) is 24.3 Å². The van der Waals surface area contributed by atoms with Crippen LogP contribution in [-0.2, 0) is 19.8 Å². The molecule has 0 atom stereocenters. The summed E-state index contributed by atoms with van der Waals surface area (Å²) >= 11 is 0. The summed E-state index contributed by atoms with van der Waals surface area (Å²) in [4.78, 5) is 0. The van der Waals surface area contributed by atoms with Crippen LogP contribution in [0.2, 0.25) is 0 Å². The monoisotopic (exact) mass is 263 g/mol. The Labute approximate surface area is 105 Å². The normalized spacial score (nSPS) is 12.1. The van der Waals surface area contributed by atoms with Crippen molar-refractivity contribution in [2.24, 2.45) is 7.05 Å². The molecule has 1 rings (SSSR count). The van der Waals surface area contributed by atoms with Crippen LogP contribution in [0.3, 0.4) is 0 Å². The van der Waals surface area contributed by atoms with Gasteiger partial charge in [0, 0.05) is 25.4 Å². The van der Waals surface area contributed by atoms with Crippen LogP contribution in [0.1, 0.15) is 43.9 Å². The molecule has 0 aliphatic rings. The summed E-state index contributed by atoms with van der Waals surface area (Å²) in [6.07, 6.45) is 1.48. The van der Waals surface area contributed by atoms with Crippen molar-refractivity contribution in [2.75, 3.05) is 6.54 Å². The van der Waals surface area contributed by atoms with Crippen molar-refractivity contribution in [3.05, 3.63) is 17.5 Å². The zero-order chi connectivity index (χ0) is 13.6. The molecule has 0 aromatic carbocycles. The second kappa shape index (κ2) is 6.78. The third-order valence-corrected chi connectivity index (χ3v) is 2.70. The third kappa shape index (κ3) is 4.68. The lowest BCUT2D eigenvalue weighted by Gasteiger charge is -2.07. The van der Waals surface area contributed by atoms with Gasteiger partial charge in [-0.1, -0.05) is 26.2 Å². The fraction of sp³-hybridized carbons (Fsp3) is 0.750. The van der Waals surface area contributed by atoms with E-state index in [0.29, 0.717) is 0 Å². The predicted octanol–water partition coefficient (Wildman–Crippen LogP) is 3.11. The molecule has 3 nitrogen and oxygen atoms in total. The van der Waals surface area contributed by atoms with Gasteiger partial charge in [-0.25, -0.2) is 0 Å². The van der Waals surface area contributed by atoms with E-state index in [4.69, 9.17) is 0 Å². The molecule has 1 aromatic heterocycles. The van der Waals surface area contributed by atoms with Gasteiger partial charge in [0.2, 0.25) is 0 Å². The Hall–Kier alpha value is -1.04. The first-order valence-corrected chi connectivity index (χ1v) is 6.25. The minimum absolute atomic E-state index is 0.209. The molecule has 0 aliphatic heterocycles. The highest BCUT2D eigenvalue weighted by Crippen LogP contribution is 2.30. The number of halogens is 3. The van der Waals surface area contributed by atoms with Gasteiger partial charge in [0.25, 0.3) is 0 Å². The number of hydrogen-bond donors (Lipinski definition) is 1. The third-order valence-electron chi connectivity index (χ3n) is 2.70. The van der Waals surface area contributed by atoms with Crippen LogP contribution >= 0.6 is 0 Å². The fourth-order valence-corrected chi connectivity index (χ4v) is 1.81. The summed E-state index contributed by atoms with van der Waals surface area (Å²) in [5.41, 5.74) is -0.577. The molecular weight excluding hydrogens is 243 g/mol. The molecule has 6 heteroatoms. The molecule has 0 bridgehead atoms. The molecule has 0 saturated carbocycles. The van der Waals surface area contributed by atoms with Crippen molar-refractivity contribution in [3.8, 4) is 0 Å². The summed E-state index contributed by atoms with van der Waals surface area (Å²) in [5.74, 6) is 0. The predicted molar refractivity (Wildman–Crippen MR) is 64.1 cm³/mol. The molecule has 1 heterocycles. The minimum atomic E-state index is -4.37. The van der Waals surface area contributed by atoms with Gasteiger partial charge in [-0.15, -0.1) is 0 Å². The van der Waals surface area contributed by atoms with E-state index in [1.54, 1.807) is 0 Å². The molecule has 0 aliphatic carbocycles. The van der Waals surface area contributed by atoms with E-state index in [2.05, 4.69) is 17.3 Å². The van der Waals surface area contributed by atoms with Crippen LogP contribution in [0.15, 0.2) is 6.20 Å². The molecular formula is C12H20F3N3. The molecule has 1 N–H and O–H groups in total.